The van der Waals surface area contributed by atoms with Gasteiger partial charge in [0.05, 0.1) is 22.9 Å². The van der Waals surface area contributed by atoms with E-state index < -0.39 is 0 Å². The van der Waals surface area contributed by atoms with Gasteiger partial charge < -0.3 is 9.84 Å². The largest absolute Gasteiger partial charge is 0.364 e. The lowest BCUT2D eigenvalue weighted by molar-refractivity contribution is -0.117. The van der Waals surface area contributed by atoms with Crippen molar-refractivity contribution in [3.63, 3.8) is 0 Å². The van der Waals surface area contributed by atoms with Gasteiger partial charge in [-0.05, 0) is 31.2 Å². The van der Waals surface area contributed by atoms with Crippen molar-refractivity contribution in [3.05, 3.63) is 46.3 Å². The van der Waals surface area contributed by atoms with Crippen LogP contribution in [0.3, 0.4) is 0 Å². The number of aromatic nitrogens is 1. The molecule has 0 aliphatic heterocycles. The molecule has 1 aromatic heterocycles. The molecule has 1 N–H and O–H groups in total. The summed E-state index contributed by atoms with van der Waals surface area (Å²) in [5.41, 5.74) is 1.35. The molecule has 0 aliphatic carbocycles. The van der Waals surface area contributed by atoms with E-state index in [1.54, 1.807) is 24.3 Å². The Morgan fingerprint density at radius 3 is 2.82 bits per heavy atom. The first-order chi connectivity index (χ1) is 10.6. The third kappa shape index (κ3) is 5.02. The molecule has 0 saturated carbocycles. The van der Waals surface area contributed by atoms with Crippen LogP contribution in [-0.4, -0.2) is 29.1 Å². The maximum absolute atomic E-state index is 12.2. The molecular formula is C15H17Cl2N3O2. The highest BCUT2D eigenvalue weighted by atomic mass is 35.5. The summed E-state index contributed by atoms with van der Waals surface area (Å²) >= 11 is 11.9. The summed E-state index contributed by atoms with van der Waals surface area (Å²) in [5.74, 6) is -0.138. The summed E-state index contributed by atoms with van der Waals surface area (Å²) in [7, 11) is 0. The first kappa shape index (κ1) is 16.8. The lowest BCUT2D eigenvalue weighted by Crippen LogP contribution is -2.33. The SMILES string of the molecule is CCCN(CC(=O)Nc1ccc(Cl)cc1Cl)Cc1ccon1. The molecule has 0 bridgehead atoms. The number of hydrogen-bond acceptors (Lipinski definition) is 4. The molecule has 0 fully saturated rings. The third-order valence-corrected chi connectivity index (χ3v) is 3.54. The Bertz CT molecular complexity index is 617. The lowest BCUT2D eigenvalue weighted by atomic mass is 10.3. The zero-order chi connectivity index (χ0) is 15.9. The molecule has 0 aliphatic rings. The van der Waals surface area contributed by atoms with Gasteiger partial charge in [-0.15, -0.1) is 0 Å². The number of nitrogens with one attached hydrogen (secondary N) is 1. The fourth-order valence-corrected chi connectivity index (χ4v) is 2.52. The van der Waals surface area contributed by atoms with Gasteiger partial charge in [0, 0.05) is 17.6 Å². The average Bonchev–Trinajstić information content (AvgIpc) is 2.95. The Hall–Kier alpha value is -1.56. The first-order valence-electron chi connectivity index (χ1n) is 6.95. The van der Waals surface area contributed by atoms with E-state index in [2.05, 4.69) is 17.4 Å². The van der Waals surface area contributed by atoms with Crippen LogP contribution >= 0.6 is 23.2 Å². The average molecular weight is 342 g/mol. The highest BCUT2D eigenvalue weighted by molar-refractivity contribution is 6.36. The van der Waals surface area contributed by atoms with Gasteiger partial charge in [0.15, 0.2) is 0 Å². The first-order valence-corrected chi connectivity index (χ1v) is 7.70. The Kier molecular flexibility index (Phi) is 6.24. The molecule has 7 heteroatoms. The molecule has 2 aromatic rings. The van der Waals surface area contributed by atoms with Crippen LogP contribution in [0.5, 0.6) is 0 Å². The van der Waals surface area contributed by atoms with Crippen molar-refractivity contribution in [1.29, 1.82) is 0 Å². The highest BCUT2D eigenvalue weighted by Gasteiger charge is 2.13. The predicted octanol–water partition coefficient (Wildman–Crippen LogP) is 3.83. The predicted molar refractivity (Wildman–Crippen MR) is 87.2 cm³/mol. The van der Waals surface area contributed by atoms with Crippen molar-refractivity contribution in [2.75, 3.05) is 18.4 Å². The smallest absolute Gasteiger partial charge is 0.238 e. The van der Waals surface area contributed by atoms with Crippen LogP contribution in [0.15, 0.2) is 35.1 Å². The van der Waals surface area contributed by atoms with Crippen molar-refractivity contribution < 1.29 is 9.32 Å². The van der Waals surface area contributed by atoms with Crippen molar-refractivity contribution >= 4 is 34.8 Å². The molecule has 0 saturated heterocycles. The van der Waals surface area contributed by atoms with Crippen LogP contribution in [0.25, 0.3) is 0 Å². The van der Waals surface area contributed by atoms with Crippen LogP contribution in [0.1, 0.15) is 19.0 Å². The van der Waals surface area contributed by atoms with Crippen molar-refractivity contribution in [3.8, 4) is 0 Å². The van der Waals surface area contributed by atoms with Crippen molar-refractivity contribution in [2.24, 2.45) is 0 Å². The van der Waals surface area contributed by atoms with E-state index >= 15 is 0 Å². The second kappa shape index (κ2) is 8.17. The van der Waals surface area contributed by atoms with Gasteiger partial charge in [-0.1, -0.05) is 35.3 Å². The van der Waals surface area contributed by atoms with Crippen LogP contribution in [0.4, 0.5) is 5.69 Å². The van der Waals surface area contributed by atoms with Gasteiger partial charge in [-0.2, -0.15) is 0 Å². The zero-order valence-corrected chi connectivity index (χ0v) is 13.7. The number of carbonyl (C=O) groups excluding carboxylic acids is 1. The van der Waals surface area contributed by atoms with E-state index in [9.17, 15) is 4.79 Å². The van der Waals surface area contributed by atoms with E-state index in [0.717, 1.165) is 18.7 Å². The molecular weight excluding hydrogens is 325 g/mol. The van der Waals surface area contributed by atoms with Gasteiger partial charge in [0.1, 0.15) is 6.26 Å². The highest BCUT2D eigenvalue weighted by Crippen LogP contribution is 2.25. The Balaban J connectivity index is 1.95. The van der Waals surface area contributed by atoms with Crippen molar-refractivity contribution in [1.82, 2.24) is 10.1 Å². The molecule has 1 amide bonds. The maximum atomic E-state index is 12.2. The Morgan fingerprint density at radius 2 is 2.18 bits per heavy atom. The molecule has 0 radical (unpaired) electrons. The van der Waals surface area contributed by atoms with Gasteiger partial charge in [-0.25, -0.2) is 0 Å². The number of halogens is 2. The van der Waals surface area contributed by atoms with Gasteiger partial charge >= 0.3 is 0 Å². The summed E-state index contributed by atoms with van der Waals surface area (Å²) in [4.78, 5) is 14.2. The number of carbonyl (C=O) groups is 1. The molecule has 0 unspecified atom stereocenters. The van der Waals surface area contributed by atoms with E-state index in [4.69, 9.17) is 27.7 Å². The van der Waals surface area contributed by atoms with E-state index in [1.165, 1.54) is 6.26 Å². The number of amides is 1. The monoisotopic (exact) mass is 341 g/mol. The van der Waals surface area contributed by atoms with Gasteiger partial charge in [0.2, 0.25) is 5.91 Å². The molecule has 118 valence electrons. The quantitative estimate of drug-likeness (QED) is 0.831. The second-order valence-corrected chi connectivity index (χ2v) is 5.72. The lowest BCUT2D eigenvalue weighted by Gasteiger charge is -2.20. The molecule has 22 heavy (non-hydrogen) atoms. The molecule has 0 atom stereocenters. The van der Waals surface area contributed by atoms with E-state index in [0.29, 0.717) is 22.3 Å². The minimum Gasteiger partial charge on any atom is -0.364 e. The summed E-state index contributed by atoms with van der Waals surface area (Å²) < 4.78 is 4.81. The molecule has 2 rings (SSSR count). The van der Waals surface area contributed by atoms with Crippen LogP contribution in [0, 0.1) is 0 Å². The topological polar surface area (TPSA) is 58.4 Å². The number of anilines is 1. The van der Waals surface area contributed by atoms with E-state index in [-0.39, 0.29) is 12.5 Å². The Morgan fingerprint density at radius 1 is 1.36 bits per heavy atom. The number of nitrogens with zero attached hydrogens (tertiary/aromatic N) is 2. The maximum Gasteiger partial charge on any atom is 0.238 e. The van der Waals surface area contributed by atoms with Gasteiger partial charge in [-0.3, -0.25) is 9.69 Å². The Labute approximate surface area is 139 Å². The van der Waals surface area contributed by atoms with Crippen LogP contribution in [-0.2, 0) is 11.3 Å². The number of rotatable bonds is 7. The summed E-state index contributed by atoms with van der Waals surface area (Å²) in [6, 6.07) is 6.75. The summed E-state index contributed by atoms with van der Waals surface area (Å²) in [6.07, 6.45) is 2.46. The second-order valence-electron chi connectivity index (χ2n) is 4.87. The molecule has 5 nitrogen and oxygen atoms in total. The molecule has 1 heterocycles. The summed E-state index contributed by atoms with van der Waals surface area (Å²) in [5, 5.41) is 7.61. The van der Waals surface area contributed by atoms with Crippen molar-refractivity contribution in [2.45, 2.75) is 19.9 Å². The molecule has 1 aromatic carbocycles. The summed E-state index contributed by atoms with van der Waals surface area (Å²) in [6.45, 7) is 3.66. The number of hydrogen-bond donors (Lipinski definition) is 1. The minimum absolute atomic E-state index is 0.138. The number of benzene rings is 1. The normalized spacial score (nSPS) is 10.9. The third-order valence-electron chi connectivity index (χ3n) is 2.99. The van der Waals surface area contributed by atoms with Crippen LogP contribution < -0.4 is 5.32 Å². The minimum atomic E-state index is -0.138. The fraction of sp³-hybridized carbons (Fsp3) is 0.333. The van der Waals surface area contributed by atoms with E-state index in [1.807, 2.05) is 4.90 Å². The molecule has 0 spiro atoms. The van der Waals surface area contributed by atoms with Crippen LogP contribution in [0.2, 0.25) is 10.0 Å². The van der Waals surface area contributed by atoms with Gasteiger partial charge in [0.25, 0.3) is 0 Å². The fourth-order valence-electron chi connectivity index (χ4n) is 2.06. The zero-order valence-electron chi connectivity index (χ0n) is 12.2. The standard InChI is InChI=1S/C15H17Cl2N3O2/c1-2-6-20(9-12-5-7-22-19-12)10-15(21)18-14-4-3-11(16)8-13(14)17/h3-5,7-8H,2,6,9-10H2,1H3,(H,18,21).